The van der Waals surface area contributed by atoms with Crippen LogP contribution in [0.4, 0.5) is 0 Å². The van der Waals surface area contributed by atoms with Crippen LogP contribution in [0.2, 0.25) is 0 Å². The monoisotopic (exact) mass is 263 g/mol. The van der Waals surface area contributed by atoms with Gasteiger partial charge in [0.15, 0.2) is 0 Å². The Morgan fingerprint density at radius 2 is 1.84 bits per heavy atom. The minimum absolute atomic E-state index is 0.0717. The maximum atomic E-state index is 11.7. The quantitative estimate of drug-likeness (QED) is 0.847. The van der Waals surface area contributed by atoms with Gasteiger partial charge in [-0.25, -0.2) is 0 Å². The Bertz CT molecular complexity index is 461. The van der Waals surface area contributed by atoms with Crippen LogP contribution in [-0.2, 0) is 27.3 Å². The van der Waals surface area contributed by atoms with E-state index in [2.05, 4.69) is 5.32 Å². The van der Waals surface area contributed by atoms with Crippen LogP contribution in [0.1, 0.15) is 38.8 Å². The third-order valence-electron chi connectivity index (χ3n) is 2.30. The normalized spacial score (nSPS) is 10.9. The zero-order chi connectivity index (χ0) is 14.5. The number of ether oxygens (including phenoxy) is 1. The van der Waals surface area contributed by atoms with Crippen molar-refractivity contribution in [3.8, 4) is 0 Å². The average molecular weight is 263 g/mol. The van der Waals surface area contributed by atoms with E-state index in [1.165, 1.54) is 6.92 Å². The lowest BCUT2D eigenvalue weighted by Gasteiger charge is -2.19. The van der Waals surface area contributed by atoms with Gasteiger partial charge in [0.1, 0.15) is 5.60 Å². The first-order chi connectivity index (χ1) is 8.76. The Kier molecular flexibility index (Phi) is 5.10. The van der Waals surface area contributed by atoms with Crippen LogP contribution in [0.5, 0.6) is 0 Å². The molecule has 0 spiro atoms. The van der Waals surface area contributed by atoms with Gasteiger partial charge in [0, 0.05) is 13.5 Å². The fourth-order valence-electron chi connectivity index (χ4n) is 1.62. The molecular formula is C15H21NO3. The highest BCUT2D eigenvalue weighted by Gasteiger charge is 2.16. The van der Waals surface area contributed by atoms with Crippen LogP contribution in [0.25, 0.3) is 0 Å². The molecule has 1 aromatic rings. The summed E-state index contributed by atoms with van der Waals surface area (Å²) in [6.07, 6.45) is 0.241. The summed E-state index contributed by atoms with van der Waals surface area (Å²) in [6.45, 7) is 7.48. The fourth-order valence-corrected chi connectivity index (χ4v) is 1.62. The van der Waals surface area contributed by atoms with E-state index in [0.29, 0.717) is 6.54 Å². The van der Waals surface area contributed by atoms with Crippen LogP contribution in [-0.4, -0.2) is 17.5 Å². The zero-order valence-electron chi connectivity index (χ0n) is 11.9. The molecule has 0 heterocycles. The fraction of sp³-hybridized carbons (Fsp3) is 0.467. The minimum atomic E-state index is -0.467. The Labute approximate surface area is 114 Å². The number of amides is 1. The molecule has 0 radical (unpaired) electrons. The summed E-state index contributed by atoms with van der Waals surface area (Å²) in [5.41, 5.74) is 1.39. The Morgan fingerprint density at radius 1 is 1.21 bits per heavy atom. The molecule has 0 aliphatic heterocycles. The molecule has 1 N–H and O–H groups in total. The number of benzene rings is 1. The first-order valence-electron chi connectivity index (χ1n) is 6.30. The third kappa shape index (κ3) is 6.60. The van der Waals surface area contributed by atoms with Crippen LogP contribution in [0, 0.1) is 0 Å². The van der Waals surface area contributed by atoms with Gasteiger partial charge in [0.25, 0.3) is 0 Å². The molecule has 0 saturated heterocycles. The number of esters is 1. The van der Waals surface area contributed by atoms with Crippen molar-refractivity contribution < 1.29 is 14.3 Å². The Morgan fingerprint density at radius 3 is 2.42 bits per heavy atom. The standard InChI is InChI=1S/C15H21NO3/c1-11(17)16-10-13-7-5-6-12(8-13)9-14(18)19-15(2,3)4/h5-8H,9-10H2,1-4H3,(H,16,17). The van der Waals surface area contributed by atoms with Crippen LogP contribution < -0.4 is 5.32 Å². The number of rotatable bonds is 4. The van der Waals surface area contributed by atoms with Gasteiger partial charge in [-0.15, -0.1) is 0 Å². The SMILES string of the molecule is CC(=O)NCc1cccc(CC(=O)OC(C)(C)C)c1. The molecule has 4 heteroatoms. The summed E-state index contributed by atoms with van der Waals surface area (Å²) >= 11 is 0. The van der Waals surface area contributed by atoms with Crippen molar-refractivity contribution in [2.24, 2.45) is 0 Å². The van der Waals surface area contributed by atoms with E-state index in [1.807, 2.05) is 45.0 Å². The van der Waals surface area contributed by atoms with E-state index in [0.717, 1.165) is 11.1 Å². The van der Waals surface area contributed by atoms with Gasteiger partial charge in [-0.05, 0) is 31.9 Å². The molecule has 0 saturated carbocycles. The van der Waals surface area contributed by atoms with Gasteiger partial charge in [0.05, 0.1) is 6.42 Å². The summed E-state index contributed by atoms with van der Waals surface area (Å²) in [7, 11) is 0. The van der Waals surface area contributed by atoms with Crippen molar-refractivity contribution >= 4 is 11.9 Å². The maximum absolute atomic E-state index is 11.7. The Hall–Kier alpha value is -1.84. The van der Waals surface area contributed by atoms with Gasteiger partial charge in [-0.3, -0.25) is 9.59 Å². The zero-order valence-corrected chi connectivity index (χ0v) is 11.9. The van der Waals surface area contributed by atoms with Crippen LogP contribution in [0.15, 0.2) is 24.3 Å². The molecule has 4 nitrogen and oxygen atoms in total. The van der Waals surface area contributed by atoms with Crippen molar-refractivity contribution in [2.45, 2.75) is 46.3 Å². The van der Waals surface area contributed by atoms with Gasteiger partial charge >= 0.3 is 5.97 Å². The molecule has 1 amide bonds. The molecule has 0 aromatic heterocycles. The van der Waals surface area contributed by atoms with Gasteiger partial charge < -0.3 is 10.1 Å². The van der Waals surface area contributed by atoms with Crippen molar-refractivity contribution in [3.63, 3.8) is 0 Å². The van der Waals surface area contributed by atoms with Crippen molar-refractivity contribution in [2.75, 3.05) is 0 Å². The molecule has 1 rings (SSSR count). The minimum Gasteiger partial charge on any atom is -0.460 e. The lowest BCUT2D eigenvalue weighted by atomic mass is 10.1. The van der Waals surface area contributed by atoms with E-state index in [-0.39, 0.29) is 18.3 Å². The van der Waals surface area contributed by atoms with E-state index >= 15 is 0 Å². The summed E-state index contributed by atoms with van der Waals surface area (Å²) in [5.74, 6) is -0.318. The van der Waals surface area contributed by atoms with E-state index in [1.54, 1.807) is 0 Å². The van der Waals surface area contributed by atoms with Crippen molar-refractivity contribution in [3.05, 3.63) is 35.4 Å². The molecule has 19 heavy (non-hydrogen) atoms. The highest BCUT2D eigenvalue weighted by atomic mass is 16.6. The van der Waals surface area contributed by atoms with Crippen molar-refractivity contribution in [1.29, 1.82) is 0 Å². The molecule has 0 atom stereocenters. The first-order valence-corrected chi connectivity index (χ1v) is 6.30. The maximum Gasteiger partial charge on any atom is 0.310 e. The van der Waals surface area contributed by atoms with E-state index in [4.69, 9.17) is 4.74 Å². The third-order valence-corrected chi connectivity index (χ3v) is 2.30. The molecule has 0 aliphatic rings. The Balaban J connectivity index is 2.61. The summed E-state index contributed by atoms with van der Waals surface area (Å²) < 4.78 is 5.27. The number of carbonyl (C=O) groups excluding carboxylic acids is 2. The molecule has 0 fully saturated rings. The topological polar surface area (TPSA) is 55.4 Å². The number of hydrogen-bond donors (Lipinski definition) is 1. The predicted octanol–water partition coefficient (Wildman–Crippen LogP) is 2.21. The molecule has 1 aromatic carbocycles. The molecular weight excluding hydrogens is 242 g/mol. The number of carbonyl (C=O) groups is 2. The summed E-state index contributed by atoms with van der Waals surface area (Å²) in [4.78, 5) is 22.6. The highest BCUT2D eigenvalue weighted by Crippen LogP contribution is 2.11. The smallest absolute Gasteiger partial charge is 0.310 e. The molecule has 0 unspecified atom stereocenters. The lowest BCUT2D eigenvalue weighted by Crippen LogP contribution is -2.25. The van der Waals surface area contributed by atoms with E-state index in [9.17, 15) is 9.59 Å². The van der Waals surface area contributed by atoms with Crippen molar-refractivity contribution in [1.82, 2.24) is 5.32 Å². The lowest BCUT2D eigenvalue weighted by molar-refractivity contribution is -0.153. The molecule has 0 aliphatic carbocycles. The second-order valence-corrected chi connectivity index (χ2v) is 5.49. The largest absolute Gasteiger partial charge is 0.460 e. The second-order valence-electron chi connectivity index (χ2n) is 5.49. The number of hydrogen-bond acceptors (Lipinski definition) is 3. The van der Waals surface area contributed by atoms with Crippen LogP contribution in [0.3, 0.4) is 0 Å². The average Bonchev–Trinajstić information content (AvgIpc) is 2.24. The second kappa shape index (κ2) is 6.36. The van der Waals surface area contributed by atoms with Gasteiger partial charge in [-0.2, -0.15) is 0 Å². The summed E-state index contributed by atoms with van der Waals surface area (Å²) in [5, 5.41) is 2.73. The van der Waals surface area contributed by atoms with Gasteiger partial charge in [-0.1, -0.05) is 24.3 Å². The first kappa shape index (κ1) is 15.2. The highest BCUT2D eigenvalue weighted by molar-refractivity contribution is 5.73. The van der Waals surface area contributed by atoms with E-state index < -0.39 is 5.60 Å². The predicted molar refractivity (Wildman–Crippen MR) is 73.5 cm³/mol. The summed E-state index contributed by atoms with van der Waals surface area (Å²) in [6, 6.07) is 7.56. The van der Waals surface area contributed by atoms with Gasteiger partial charge in [0.2, 0.25) is 5.91 Å². The molecule has 0 bridgehead atoms. The number of nitrogens with one attached hydrogen (secondary N) is 1. The molecule has 104 valence electrons. The van der Waals surface area contributed by atoms with Crippen LogP contribution >= 0.6 is 0 Å².